The Bertz CT molecular complexity index is 427. The summed E-state index contributed by atoms with van der Waals surface area (Å²) in [6.45, 7) is 5.63. The number of nitrogens with zero attached hydrogens (tertiary/aromatic N) is 3. The summed E-state index contributed by atoms with van der Waals surface area (Å²) in [4.78, 5) is 7.07. The van der Waals surface area contributed by atoms with E-state index in [1.54, 1.807) is 0 Å². The van der Waals surface area contributed by atoms with Crippen LogP contribution in [0.1, 0.15) is 62.7 Å². The number of likely N-dealkylation sites (tertiary alicyclic amines) is 1. The highest BCUT2D eigenvalue weighted by molar-refractivity contribution is 5.85. The van der Waals surface area contributed by atoms with Gasteiger partial charge in [-0.05, 0) is 71.6 Å². The summed E-state index contributed by atoms with van der Waals surface area (Å²) in [5, 5.41) is 7.38. The summed E-state index contributed by atoms with van der Waals surface area (Å²) in [5.41, 5.74) is 0. The van der Waals surface area contributed by atoms with Crippen molar-refractivity contribution < 1.29 is 4.52 Å². The molecular weight excluding hydrogens is 288 g/mol. The molecule has 0 spiro atoms. The number of nitrogens with one attached hydrogen (secondary N) is 1. The fourth-order valence-electron chi connectivity index (χ4n) is 3.06. The summed E-state index contributed by atoms with van der Waals surface area (Å²) in [6, 6.07) is 0.264. The van der Waals surface area contributed by atoms with Gasteiger partial charge in [0.05, 0.1) is 6.04 Å². The fourth-order valence-corrected chi connectivity index (χ4v) is 3.06. The van der Waals surface area contributed by atoms with Gasteiger partial charge >= 0.3 is 0 Å². The Hall–Kier alpha value is -0.650. The van der Waals surface area contributed by atoms with Crippen molar-refractivity contribution in [3.05, 3.63) is 11.7 Å². The molecule has 1 aromatic heterocycles. The molecule has 6 heteroatoms. The van der Waals surface area contributed by atoms with Crippen LogP contribution in [0.15, 0.2) is 4.52 Å². The van der Waals surface area contributed by atoms with Gasteiger partial charge in [0.25, 0.3) is 0 Å². The smallest absolute Gasteiger partial charge is 0.243 e. The minimum atomic E-state index is 0. The predicted octanol–water partition coefficient (Wildman–Crippen LogP) is 2.75. The predicted molar refractivity (Wildman–Crippen MR) is 84.8 cm³/mol. The van der Waals surface area contributed by atoms with Crippen molar-refractivity contribution >= 4 is 12.4 Å². The summed E-state index contributed by atoms with van der Waals surface area (Å²) < 4.78 is 5.46. The molecule has 1 atom stereocenters. The molecule has 0 amide bonds. The first-order valence-corrected chi connectivity index (χ1v) is 8.00. The van der Waals surface area contributed by atoms with Crippen LogP contribution in [-0.2, 0) is 0 Å². The number of rotatable bonds is 6. The second kappa shape index (κ2) is 7.56. The van der Waals surface area contributed by atoms with E-state index in [1.807, 2.05) is 7.05 Å². The molecule has 1 aromatic rings. The number of aromatic nitrogens is 2. The number of piperidine rings is 1. The fraction of sp³-hybridized carbons (Fsp3) is 0.867. The molecule has 1 unspecified atom stereocenters. The van der Waals surface area contributed by atoms with E-state index < -0.39 is 0 Å². The molecule has 1 saturated carbocycles. The SMILES string of the molecule is CNCCC1CCN(C(C)c2nc(C3CC3)no2)CC1.Cl. The average Bonchev–Trinajstić information content (AvgIpc) is 3.22. The van der Waals surface area contributed by atoms with Gasteiger partial charge in [-0.3, -0.25) is 4.90 Å². The van der Waals surface area contributed by atoms with Gasteiger partial charge in [-0.1, -0.05) is 5.16 Å². The Morgan fingerprint density at radius 1 is 1.29 bits per heavy atom. The minimum absolute atomic E-state index is 0. The molecular formula is C15H27ClN4O. The van der Waals surface area contributed by atoms with Gasteiger partial charge in [0, 0.05) is 5.92 Å². The van der Waals surface area contributed by atoms with Gasteiger partial charge in [-0.2, -0.15) is 4.98 Å². The van der Waals surface area contributed by atoms with E-state index in [2.05, 4.69) is 27.3 Å². The molecule has 1 N–H and O–H groups in total. The van der Waals surface area contributed by atoms with Gasteiger partial charge < -0.3 is 9.84 Å². The second-order valence-electron chi connectivity index (χ2n) is 6.31. The third kappa shape index (κ3) is 4.18. The van der Waals surface area contributed by atoms with Crippen molar-refractivity contribution in [3.63, 3.8) is 0 Å². The first-order chi connectivity index (χ1) is 9.78. The first kappa shape index (κ1) is 16.7. The maximum Gasteiger partial charge on any atom is 0.243 e. The van der Waals surface area contributed by atoms with Gasteiger partial charge in [0.15, 0.2) is 5.82 Å². The molecule has 1 aliphatic carbocycles. The third-order valence-corrected chi connectivity index (χ3v) is 4.76. The van der Waals surface area contributed by atoms with E-state index in [9.17, 15) is 0 Å². The van der Waals surface area contributed by atoms with E-state index in [-0.39, 0.29) is 18.4 Å². The highest BCUT2D eigenvalue weighted by Gasteiger charge is 2.31. The van der Waals surface area contributed by atoms with Gasteiger partial charge in [-0.15, -0.1) is 12.4 Å². The molecule has 5 nitrogen and oxygen atoms in total. The topological polar surface area (TPSA) is 54.2 Å². The maximum atomic E-state index is 5.46. The average molecular weight is 315 g/mol. The van der Waals surface area contributed by atoms with Crippen LogP contribution in [-0.4, -0.2) is 41.7 Å². The highest BCUT2D eigenvalue weighted by atomic mass is 35.5. The Labute approximate surface area is 133 Å². The van der Waals surface area contributed by atoms with Crippen molar-refractivity contribution in [2.75, 3.05) is 26.7 Å². The third-order valence-electron chi connectivity index (χ3n) is 4.76. The molecule has 21 heavy (non-hydrogen) atoms. The quantitative estimate of drug-likeness (QED) is 0.875. The maximum absolute atomic E-state index is 5.46. The molecule has 1 saturated heterocycles. The van der Waals surface area contributed by atoms with Gasteiger partial charge in [0.1, 0.15) is 0 Å². The lowest BCUT2D eigenvalue weighted by Gasteiger charge is -2.34. The summed E-state index contributed by atoms with van der Waals surface area (Å²) in [6.07, 6.45) is 6.32. The van der Waals surface area contributed by atoms with E-state index >= 15 is 0 Å². The lowest BCUT2D eigenvalue weighted by Crippen LogP contribution is -2.36. The van der Waals surface area contributed by atoms with Crippen LogP contribution < -0.4 is 5.32 Å². The molecule has 0 bridgehead atoms. The van der Waals surface area contributed by atoms with Crippen LogP contribution in [0, 0.1) is 5.92 Å². The van der Waals surface area contributed by atoms with E-state index in [0.717, 1.165) is 37.3 Å². The van der Waals surface area contributed by atoms with Crippen molar-refractivity contribution in [1.82, 2.24) is 20.4 Å². The second-order valence-corrected chi connectivity index (χ2v) is 6.31. The Morgan fingerprint density at radius 3 is 2.62 bits per heavy atom. The number of halogens is 1. The van der Waals surface area contributed by atoms with Crippen LogP contribution >= 0.6 is 12.4 Å². The molecule has 120 valence electrons. The van der Waals surface area contributed by atoms with Crippen LogP contribution in [0.4, 0.5) is 0 Å². The molecule has 0 radical (unpaired) electrons. The van der Waals surface area contributed by atoms with Crippen LogP contribution in [0.25, 0.3) is 0 Å². The summed E-state index contributed by atoms with van der Waals surface area (Å²) in [5.74, 6) is 3.18. The Kier molecular flexibility index (Phi) is 6.02. The first-order valence-electron chi connectivity index (χ1n) is 8.00. The van der Waals surface area contributed by atoms with Crippen molar-refractivity contribution in [3.8, 4) is 0 Å². The summed E-state index contributed by atoms with van der Waals surface area (Å²) in [7, 11) is 2.03. The van der Waals surface area contributed by atoms with Crippen molar-refractivity contribution in [2.24, 2.45) is 5.92 Å². The largest absolute Gasteiger partial charge is 0.338 e. The molecule has 0 aromatic carbocycles. The van der Waals surface area contributed by atoms with Crippen molar-refractivity contribution in [2.45, 2.75) is 51.0 Å². The zero-order chi connectivity index (χ0) is 13.9. The highest BCUT2D eigenvalue weighted by Crippen LogP contribution is 2.38. The van der Waals surface area contributed by atoms with Crippen LogP contribution in [0.5, 0.6) is 0 Å². The number of hydrogen-bond donors (Lipinski definition) is 1. The zero-order valence-corrected chi connectivity index (χ0v) is 13.9. The van der Waals surface area contributed by atoms with E-state index in [0.29, 0.717) is 5.92 Å². The molecule has 2 aliphatic rings. The standard InChI is InChI=1S/C15H26N4O.ClH/c1-11(15-17-14(18-20-15)13-3-4-13)19-9-6-12(7-10-19)5-8-16-2;/h11-13,16H,3-10H2,1-2H3;1H. The van der Waals surface area contributed by atoms with Crippen LogP contribution in [0.2, 0.25) is 0 Å². The zero-order valence-electron chi connectivity index (χ0n) is 13.0. The van der Waals surface area contributed by atoms with Gasteiger partial charge in [0.2, 0.25) is 5.89 Å². The van der Waals surface area contributed by atoms with Gasteiger partial charge in [-0.25, -0.2) is 0 Å². The molecule has 1 aliphatic heterocycles. The Morgan fingerprint density at radius 2 is 2.00 bits per heavy atom. The monoisotopic (exact) mass is 314 g/mol. The molecule has 2 fully saturated rings. The molecule has 3 rings (SSSR count). The lowest BCUT2D eigenvalue weighted by atomic mass is 9.93. The van der Waals surface area contributed by atoms with Crippen LogP contribution in [0.3, 0.4) is 0 Å². The minimum Gasteiger partial charge on any atom is -0.338 e. The van der Waals surface area contributed by atoms with E-state index in [4.69, 9.17) is 4.52 Å². The summed E-state index contributed by atoms with van der Waals surface area (Å²) >= 11 is 0. The number of hydrogen-bond acceptors (Lipinski definition) is 5. The lowest BCUT2D eigenvalue weighted by molar-refractivity contribution is 0.117. The normalized spacial score (nSPS) is 22.0. The van der Waals surface area contributed by atoms with E-state index in [1.165, 1.54) is 32.1 Å². The Balaban J connectivity index is 0.00000161. The van der Waals surface area contributed by atoms with Crippen molar-refractivity contribution in [1.29, 1.82) is 0 Å². The molecule has 2 heterocycles.